The lowest BCUT2D eigenvalue weighted by atomic mass is 10.7. The van der Waals surface area contributed by atoms with Crippen molar-refractivity contribution in [3.63, 3.8) is 0 Å². The van der Waals surface area contributed by atoms with Crippen molar-refractivity contribution >= 4 is 27.9 Å². The Morgan fingerprint density at radius 3 is 2.00 bits per heavy atom. The summed E-state index contributed by atoms with van der Waals surface area (Å²) >= 11 is 2.45. The largest absolute Gasteiger partial charge is 0.408 e. The summed E-state index contributed by atoms with van der Waals surface area (Å²) in [5.41, 5.74) is 0. The number of rotatable bonds is 1. The molecule has 0 unspecified atom stereocenters. The summed E-state index contributed by atoms with van der Waals surface area (Å²) in [5, 5.41) is 0. The first-order chi connectivity index (χ1) is 4.99. The fourth-order valence-electron chi connectivity index (χ4n) is 0.367. The second-order valence-corrected chi connectivity index (χ2v) is 3.45. The summed E-state index contributed by atoms with van der Waals surface area (Å²) in [5.74, 6) is 0. The van der Waals surface area contributed by atoms with Gasteiger partial charge in [-0.15, -0.1) is 23.5 Å². The topological polar surface area (TPSA) is 12.4 Å². The van der Waals surface area contributed by atoms with Crippen LogP contribution in [0.2, 0.25) is 0 Å². The second kappa shape index (κ2) is 4.92. The Labute approximate surface area is 71.8 Å². The van der Waals surface area contributed by atoms with Crippen molar-refractivity contribution in [1.82, 2.24) is 0 Å². The van der Waals surface area contributed by atoms with E-state index in [0.29, 0.717) is 4.38 Å². The van der Waals surface area contributed by atoms with Crippen LogP contribution in [0, 0.1) is 0 Å². The van der Waals surface area contributed by atoms with E-state index in [9.17, 15) is 13.2 Å². The summed E-state index contributed by atoms with van der Waals surface area (Å²) < 4.78 is 35.1. The minimum atomic E-state index is -4.18. The van der Waals surface area contributed by atoms with Gasteiger partial charge in [0.1, 0.15) is 10.9 Å². The van der Waals surface area contributed by atoms with Gasteiger partial charge in [0, 0.05) is 0 Å². The number of halogens is 3. The maximum absolute atomic E-state index is 11.6. The van der Waals surface area contributed by atoms with E-state index in [1.54, 1.807) is 12.5 Å². The molecule has 0 aliphatic heterocycles. The SMILES string of the molecule is CSC(=NCC(F)(F)F)SC. The fraction of sp³-hybridized carbons (Fsp3) is 0.800. The monoisotopic (exact) mass is 203 g/mol. The molecule has 66 valence electrons. The van der Waals surface area contributed by atoms with Gasteiger partial charge < -0.3 is 0 Å². The van der Waals surface area contributed by atoms with Crippen LogP contribution in [-0.4, -0.2) is 29.6 Å². The van der Waals surface area contributed by atoms with Crippen LogP contribution in [0.1, 0.15) is 0 Å². The molecule has 0 rings (SSSR count). The van der Waals surface area contributed by atoms with Gasteiger partial charge in [0.25, 0.3) is 0 Å². The highest BCUT2D eigenvalue weighted by Gasteiger charge is 2.26. The number of alkyl halides is 3. The zero-order chi connectivity index (χ0) is 8.91. The van der Waals surface area contributed by atoms with E-state index < -0.39 is 12.7 Å². The van der Waals surface area contributed by atoms with Crippen molar-refractivity contribution in [3.8, 4) is 0 Å². The van der Waals surface area contributed by atoms with Gasteiger partial charge in [-0.25, -0.2) is 0 Å². The summed E-state index contributed by atoms with van der Waals surface area (Å²) in [6.45, 7) is -1.08. The van der Waals surface area contributed by atoms with Gasteiger partial charge in [0.2, 0.25) is 0 Å². The van der Waals surface area contributed by atoms with E-state index >= 15 is 0 Å². The van der Waals surface area contributed by atoms with Crippen LogP contribution in [0.25, 0.3) is 0 Å². The van der Waals surface area contributed by atoms with Gasteiger partial charge in [-0.2, -0.15) is 13.2 Å². The molecule has 0 aliphatic carbocycles. The van der Waals surface area contributed by atoms with Crippen LogP contribution < -0.4 is 0 Å². The van der Waals surface area contributed by atoms with E-state index in [0.717, 1.165) is 0 Å². The predicted octanol–water partition coefficient (Wildman–Crippen LogP) is 2.63. The Morgan fingerprint density at radius 1 is 1.27 bits per heavy atom. The molecule has 0 spiro atoms. The van der Waals surface area contributed by atoms with Crippen molar-refractivity contribution in [3.05, 3.63) is 0 Å². The van der Waals surface area contributed by atoms with Crippen LogP contribution in [0.4, 0.5) is 13.2 Å². The summed E-state index contributed by atoms with van der Waals surface area (Å²) in [7, 11) is 0. The zero-order valence-corrected chi connectivity index (χ0v) is 7.74. The summed E-state index contributed by atoms with van der Waals surface area (Å²) in [6.07, 6.45) is -0.784. The fourth-order valence-corrected chi connectivity index (χ4v) is 1.42. The molecule has 0 saturated carbocycles. The highest BCUT2D eigenvalue weighted by molar-refractivity contribution is 8.38. The first-order valence-electron chi connectivity index (χ1n) is 2.69. The molecule has 0 aromatic carbocycles. The minimum absolute atomic E-state index is 0.460. The molecule has 0 fully saturated rings. The first-order valence-corrected chi connectivity index (χ1v) is 5.13. The Kier molecular flexibility index (Phi) is 4.99. The number of nitrogens with zero attached hydrogens (tertiary/aromatic N) is 1. The van der Waals surface area contributed by atoms with Crippen molar-refractivity contribution in [1.29, 1.82) is 0 Å². The predicted molar refractivity (Wildman–Crippen MR) is 45.4 cm³/mol. The third-order valence-electron chi connectivity index (χ3n) is 0.737. The lowest BCUT2D eigenvalue weighted by Crippen LogP contribution is -2.12. The molecule has 0 bridgehead atoms. The van der Waals surface area contributed by atoms with E-state index in [1.807, 2.05) is 0 Å². The van der Waals surface area contributed by atoms with E-state index in [1.165, 1.54) is 23.5 Å². The molecule has 0 aromatic heterocycles. The van der Waals surface area contributed by atoms with E-state index in [2.05, 4.69) is 4.99 Å². The highest BCUT2D eigenvalue weighted by Crippen LogP contribution is 2.17. The minimum Gasteiger partial charge on any atom is -0.262 e. The molecule has 0 heterocycles. The van der Waals surface area contributed by atoms with E-state index in [4.69, 9.17) is 0 Å². The van der Waals surface area contributed by atoms with Crippen LogP contribution in [0.15, 0.2) is 4.99 Å². The Bertz CT molecular complexity index is 137. The van der Waals surface area contributed by atoms with Gasteiger partial charge >= 0.3 is 6.18 Å². The Hall–Kier alpha value is 0.160. The average Bonchev–Trinajstić information content (AvgIpc) is 1.88. The molecule has 0 atom stereocenters. The third-order valence-corrected chi connectivity index (χ3v) is 2.69. The van der Waals surface area contributed by atoms with Crippen LogP contribution in [0.3, 0.4) is 0 Å². The number of hydrogen-bond acceptors (Lipinski definition) is 3. The molecule has 0 N–H and O–H groups in total. The molecule has 0 saturated heterocycles. The molecule has 0 radical (unpaired) electrons. The van der Waals surface area contributed by atoms with Crippen molar-refractivity contribution in [2.75, 3.05) is 19.1 Å². The van der Waals surface area contributed by atoms with Gasteiger partial charge in [0.15, 0.2) is 0 Å². The number of thioether (sulfide) groups is 2. The molecule has 11 heavy (non-hydrogen) atoms. The Morgan fingerprint density at radius 2 is 1.73 bits per heavy atom. The maximum atomic E-state index is 11.6. The van der Waals surface area contributed by atoms with Gasteiger partial charge in [-0.05, 0) is 12.5 Å². The quantitative estimate of drug-likeness (QED) is 0.480. The molecule has 6 heteroatoms. The average molecular weight is 203 g/mol. The molecular formula is C5H8F3NS2. The third kappa shape index (κ3) is 6.55. The molecule has 0 aliphatic rings. The van der Waals surface area contributed by atoms with Gasteiger partial charge in [-0.1, -0.05) is 0 Å². The van der Waals surface area contributed by atoms with E-state index in [-0.39, 0.29) is 0 Å². The Balaban J connectivity index is 3.89. The zero-order valence-electron chi connectivity index (χ0n) is 6.10. The summed E-state index contributed by atoms with van der Waals surface area (Å²) in [6, 6.07) is 0. The van der Waals surface area contributed by atoms with Crippen LogP contribution in [-0.2, 0) is 0 Å². The molecule has 1 nitrogen and oxygen atoms in total. The lowest BCUT2D eigenvalue weighted by Gasteiger charge is -2.02. The van der Waals surface area contributed by atoms with Crippen molar-refractivity contribution in [2.24, 2.45) is 4.99 Å². The number of aliphatic imine (C=N–C) groups is 1. The normalized spacial score (nSPS) is 11.4. The highest BCUT2D eigenvalue weighted by atomic mass is 32.2. The first kappa shape index (κ1) is 11.2. The van der Waals surface area contributed by atoms with Crippen molar-refractivity contribution < 1.29 is 13.2 Å². The standard InChI is InChI=1S/C5H8F3NS2/c1-10-4(11-2)9-3-5(6,7)8/h3H2,1-2H3. The van der Waals surface area contributed by atoms with Gasteiger partial charge in [0.05, 0.1) is 0 Å². The van der Waals surface area contributed by atoms with Crippen LogP contribution in [0.5, 0.6) is 0 Å². The second-order valence-electron chi connectivity index (χ2n) is 1.61. The lowest BCUT2D eigenvalue weighted by molar-refractivity contribution is -0.118. The molecule has 0 amide bonds. The number of hydrogen-bond donors (Lipinski definition) is 0. The maximum Gasteiger partial charge on any atom is 0.408 e. The molecule has 0 aromatic rings. The van der Waals surface area contributed by atoms with Crippen molar-refractivity contribution in [2.45, 2.75) is 6.18 Å². The molecular weight excluding hydrogens is 195 g/mol. The van der Waals surface area contributed by atoms with Gasteiger partial charge in [-0.3, -0.25) is 4.99 Å². The summed E-state index contributed by atoms with van der Waals surface area (Å²) in [4.78, 5) is 3.35. The smallest absolute Gasteiger partial charge is 0.262 e. The van der Waals surface area contributed by atoms with Crippen LogP contribution >= 0.6 is 23.5 Å².